The molecule has 10 heavy (non-hydrogen) atoms. The molecule has 1 atom stereocenters. The van der Waals surface area contributed by atoms with Crippen LogP contribution in [-0.4, -0.2) is 26.0 Å². The van der Waals surface area contributed by atoms with Crippen LogP contribution >= 0.6 is 0 Å². The number of carbonyl (C=O) groups is 1. The van der Waals surface area contributed by atoms with E-state index in [-0.39, 0.29) is 11.9 Å². The summed E-state index contributed by atoms with van der Waals surface area (Å²) in [7, 11) is 3.37. The average Bonchev–Trinajstić information content (AvgIpc) is 1.99. The summed E-state index contributed by atoms with van der Waals surface area (Å²) in [6.45, 7) is 3.55. The van der Waals surface area contributed by atoms with Gasteiger partial charge in [0.05, 0.1) is 6.04 Å². The number of amides is 1. The lowest BCUT2D eigenvalue weighted by Gasteiger charge is -2.10. The molecule has 0 rings (SSSR count). The Labute approximate surface area is 61.5 Å². The molecule has 0 aliphatic heterocycles. The Balaban J connectivity index is 3.79. The van der Waals surface area contributed by atoms with E-state index in [1.54, 1.807) is 20.2 Å². The molecule has 0 aliphatic carbocycles. The van der Waals surface area contributed by atoms with Crippen LogP contribution in [0.2, 0.25) is 0 Å². The van der Waals surface area contributed by atoms with Crippen LogP contribution in [0, 0.1) is 0 Å². The van der Waals surface area contributed by atoms with Crippen molar-refractivity contribution in [2.45, 2.75) is 12.5 Å². The summed E-state index contributed by atoms with van der Waals surface area (Å²) < 4.78 is 0. The van der Waals surface area contributed by atoms with Gasteiger partial charge in [-0.05, 0) is 13.5 Å². The number of hydrogen-bond acceptors (Lipinski definition) is 2. The zero-order chi connectivity index (χ0) is 7.98. The van der Waals surface area contributed by atoms with E-state index in [4.69, 9.17) is 0 Å². The molecule has 0 saturated carbocycles. The molecule has 0 saturated heterocycles. The quantitative estimate of drug-likeness (QED) is 0.538. The lowest BCUT2D eigenvalue weighted by molar-refractivity contribution is -0.122. The summed E-state index contributed by atoms with van der Waals surface area (Å²) in [6, 6.07) is -0.137. The Bertz CT molecular complexity index is 123. The largest absolute Gasteiger partial charge is 0.358 e. The molecular weight excluding hydrogens is 128 g/mol. The maximum atomic E-state index is 10.9. The van der Waals surface area contributed by atoms with E-state index in [9.17, 15) is 4.79 Å². The summed E-state index contributed by atoms with van der Waals surface area (Å²) in [5.41, 5.74) is 0. The SMILES string of the molecule is C=CCC(NC)C(=O)NC. The van der Waals surface area contributed by atoms with Gasteiger partial charge in [0, 0.05) is 7.05 Å². The van der Waals surface area contributed by atoms with Crippen LogP contribution in [0.5, 0.6) is 0 Å². The van der Waals surface area contributed by atoms with Gasteiger partial charge < -0.3 is 10.6 Å². The molecule has 1 unspecified atom stereocenters. The number of likely N-dealkylation sites (N-methyl/N-ethyl adjacent to an activating group) is 2. The molecule has 0 aromatic rings. The minimum absolute atomic E-state index is 0.00222. The van der Waals surface area contributed by atoms with Gasteiger partial charge in [-0.25, -0.2) is 0 Å². The van der Waals surface area contributed by atoms with Gasteiger partial charge in [-0.15, -0.1) is 6.58 Å². The normalized spacial score (nSPS) is 12.2. The van der Waals surface area contributed by atoms with E-state index in [0.717, 1.165) is 0 Å². The highest BCUT2D eigenvalue weighted by atomic mass is 16.2. The van der Waals surface area contributed by atoms with E-state index < -0.39 is 0 Å². The van der Waals surface area contributed by atoms with Gasteiger partial charge in [0.2, 0.25) is 5.91 Å². The summed E-state index contributed by atoms with van der Waals surface area (Å²) in [5.74, 6) is 0.00222. The first kappa shape index (κ1) is 9.17. The molecule has 3 nitrogen and oxygen atoms in total. The smallest absolute Gasteiger partial charge is 0.237 e. The van der Waals surface area contributed by atoms with Crippen LogP contribution in [0.15, 0.2) is 12.7 Å². The first-order chi connectivity index (χ1) is 4.76. The highest BCUT2D eigenvalue weighted by Crippen LogP contribution is 1.90. The van der Waals surface area contributed by atoms with Crippen molar-refractivity contribution < 1.29 is 4.79 Å². The molecule has 0 radical (unpaired) electrons. The third-order valence-corrected chi connectivity index (χ3v) is 1.31. The average molecular weight is 142 g/mol. The molecule has 1 amide bonds. The topological polar surface area (TPSA) is 41.1 Å². The molecule has 0 aliphatic rings. The fourth-order valence-corrected chi connectivity index (χ4v) is 0.697. The van der Waals surface area contributed by atoms with Crippen LogP contribution in [0.1, 0.15) is 6.42 Å². The first-order valence-corrected chi connectivity index (χ1v) is 3.26. The van der Waals surface area contributed by atoms with Crippen LogP contribution in [-0.2, 0) is 4.79 Å². The maximum absolute atomic E-state index is 10.9. The fourth-order valence-electron chi connectivity index (χ4n) is 0.697. The van der Waals surface area contributed by atoms with Crippen molar-refractivity contribution in [1.29, 1.82) is 0 Å². The number of hydrogen-bond donors (Lipinski definition) is 2. The highest BCUT2D eigenvalue weighted by molar-refractivity contribution is 5.81. The Kier molecular flexibility index (Phi) is 4.58. The van der Waals surface area contributed by atoms with Gasteiger partial charge >= 0.3 is 0 Å². The lowest BCUT2D eigenvalue weighted by atomic mass is 10.2. The zero-order valence-corrected chi connectivity index (χ0v) is 6.48. The lowest BCUT2D eigenvalue weighted by Crippen LogP contribution is -2.40. The Hall–Kier alpha value is -0.830. The van der Waals surface area contributed by atoms with Crippen LogP contribution in [0.4, 0.5) is 0 Å². The second-order valence-corrected chi connectivity index (χ2v) is 1.98. The number of nitrogens with one attached hydrogen (secondary N) is 2. The van der Waals surface area contributed by atoms with Crippen LogP contribution in [0.3, 0.4) is 0 Å². The summed E-state index contributed by atoms with van der Waals surface area (Å²) in [6.07, 6.45) is 2.38. The minimum Gasteiger partial charge on any atom is -0.358 e. The molecule has 0 spiro atoms. The molecule has 2 N–H and O–H groups in total. The Morgan fingerprint density at radius 1 is 1.70 bits per heavy atom. The Morgan fingerprint density at radius 2 is 2.30 bits per heavy atom. The van der Waals surface area contributed by atoms with Gasteiger partial charge in [-0.1, -0.05) is 6.08 Å². The number of carbonyl (C=O) groups excluding carboxylic acids is 1. The summed E-state index contributed by atoms with van der Waals surface area (Å²) >= 11 is 0. The molecular formula is C7H14N2O. The van der Waals surface area contributed by atoms with Crippen molar-refractivity contribution in [2.75, 3.05) is 14.1 Å². The van der Waals surface area contributed by atoms with Crippen molar-refractivity contribution in [2.24, 2.45) is 0 Å². The molecule has 0 fully saturated rings. The minimum atomic E-state index is -0.137. The number of rotatable bonds is 4. The Morgan fingerprint density at radius 3 is 2.60 bits per heavy atom. The van der Waals surface area contributed by atoms with Crippen LogP contribution < -0.4 is 10.6 Å². The van der Waals surface area contributed by atoms with Crippen molar-refractivity contribution in [3.8, 4) is 0 Å². The standard InChI is InChI=1S/C7H14N2O/c1-4-5-6(8-2)7(10)9-3/h4,6,8H,1,5H2,2-3H3,(H,9,10). The second-order valence-electron chi connectivity index (χ2n) is 1.98. The fraction of sp³-hybridized carbons (Fsp3) is 0.571. The van der Waals surface area contributed by atoms with Crippen molar-refractivity contribution in [3.05, 3.63) is 12.7 Å². The predicted molar refractivity (Wildman–Crippen MR) is 41.7 cm³/mol. The van der Waals surface area contributed by atoms with Crippen molar-refractivity contribution >= 4 is 5.91 Å². The van der Waals surface area contributed by atoms with E-state index in [2.05, 4.69) is 17.2 Å². The molecule has 58 valence electrons. The summed E-state index contributed by atoms with van der Waals surface area (Å²) in [5, 5.41) is 5.42. The molecule has 0 bridgehead atoms. The zero-order valence-electron chi connectivity index (χ0n) is 6.48. The van der Waals surface area contributed by atoms with Gasteiger partial charge in [0.1, 0.15) is 0 Å². The van der Waals surface area contributed by atoms with E-state index in [1.807, 2.05) is 0 Å². The first-order valence-electron chi connectivity index (χ1n) is 3.26. The molecule has 0 aromatic carbocycles. The van der Waals surface area contributed by atoms with E-state index in [0.29, 0.717) is 6.42 Å². The molecule has 0 heterocycles. The second kappa shape index (κ2) is 4.99. The predicted octanol–water partition coefficient (Wildman–Crippen LogP) is -0.103. The molecule has 3 heteroatoms. The third kappa shape index (κ3) is 2.64. The van der Waals surface area contributed by atoms with Gasteiger partial charge in [0.25, 0.3) is 0 Å². The highest BCUT2D eigenvalue weighted by Gasteiger charge is 2.10. The van der Waals surface area contributed by atoms with Gasteiger partial charge in [0.15, 0.2) is 0 Å². The van der Waals surface area contributed by atoms with E-state index >= 15 is 0 Å². The third-order valence-electron chi connectivity index (χ3n) is 1.31. The molecule has 0 aromatic heterocycles. The van der Waals surface area contributed by atoms with E-state index in [1.165, 1.54) is 0 Å². The monoisotopic (exact) mass is 142 g/mol. The van der Waals surface area contributed by atoms with Crippen molar-refractivity contribution in [3.63, 3.8) is 0 Å². The van der Waals surface area contributed by atoms with Crippen molar-refractivity contribution in [1.82, 2.24) is 10.6 Å². The van der Waals surface area contributed by atoms with Gasteiger partial charge in [-0.3, -0.25) is 4.79 Å². The maximum Gasteiger partial charge on any atom is 0.237 e. The van der Waals surface area contributed by atoms with Gasteiger partial charge in [-0.2, -0.15) is 0 Å². The summed E-state index contributed by atoms with van der Waals surface area (Å²) in [4.78, 5) is 10.9. The van der Waals surface area contributed by atoms with Crippen LogP contribution in [0.25, 0.3) is 0 Å².